The molecule has 0 bridgehead atoms. The van der Waals surface area contributed by atoms with Crippen LogP contribution in [0.3, 0.4) is 0 Å². The molecule has 0 saturated carbocycles. The van der Waals surface area contributed by atoms with Crippen LogP contribution in [0.15, 0.2) is 12.3 Å². The van der Waals surface area contributed by atoms with Crippen molar-refractivity contribution in [1.82, 2.24) is 20.2 Å². The van der Waals surface area contributed by atoms with Gasteiger partial charge in [0.1, 0.15) is 5.65 Å². The van der Waals surface area contributed by atoms with Gasteiger partial charge in [0.05, 0.1) is 22.7 Å². The van der Waals surface area contributed by atoms with Gasteiger partial charge in [-0.1, -0.05) is 17.5 Å². The number of hydrogen-bond donors (Lipinski definition) is 3. The van der Waals surface area contributed by atoms with Crippen molar-refractivity contribution in [3.8, 4) is 11.8 Å². The van der Waals surface area contributed by atoms with Crippen LogP contribution < -0.4 is 5.32 Å². The molecule has 7 heteroatoms. The molecule has 1 atom stereocenters. The fourth-order valence-electron chi connectivity index (χ4n) is 2.72. The number of aromatic nitrogens is 2. The van der Waals surface area contributed by atoms with E-state index in [1.54, 1.807) is 20.2 Å². The molecule has 0 aliphatic carbocycles. The van der Waals surface area contributed by atoms with Crippen LogP contribution in [0.25, 0.3) is 11.0 Å². The summed E-state index contributed by atoms with van der Waals surface area (Å²) in [4.78, 5) is 20.9. The number of fused-ring (bicyclic) bond motifs is 1. The Morgan fingerprint density at radius 1 is 1.52 bits per heavy atom. The van der Waals surface area contributed by atoms with E-state index in [2.05, 4.69) is 27.1 Å². The predicted molar refractivity (Wildman–Crippen MR) is 89.3 cm³/mol. The van der Waals surface area contributed by atoms with Gasteiger partial charge >= 0.3 is 0 Å². The molecular formula is C16H16ClN5O. The van der Waals surface area contributed by atoms with Crippen molar-refractivity contribution in [3.05, 3.63) is 28.5 Å². The number of amides is 1. The topological polar surface area (TPSA) is 84.9 Å². The minimum atomic E-state index is -0.783. The molecule has 1 aliphatic rings. The van der Waals surface area contributed by atoms with Gasteiger partial charge in [0, 0.05) is 24.2 Å². The number of nitrogens with one attached hydrogen (secondary N) is 3. The maximum Gasteiger partial charge on any atom is 0.231 e. The van der Waals surface area contributed by atoms with Crippen molar-refractivity contribution >= 4 is 34.5 Å². The van der Waals surface area contributed by atoms with E-state index in [1.807, 2.05) is 13.0 Å². The van der Waals surface area contributed by atoms with Gasteiger partial charge in [-0.3, -0.25) is 15.1 Å². The lowest BCUT2D eigenvalue weighted by Gasteiger charge is -2.38. The number of pyridine rings is 1. The quantitative estimate of drug-likeness (QED) is 0.701. The molecule has 1 amide bonds. The normalized spacial score (nSPS) is 21.1. The molecule has 2 aromatic heterocycles. The third-order valence-electron chi connectivity index (χ3n) is 4.02. The summed E-state index contributed by atoms with van der Waals surface area (Å²) in [5.74, 6) is 5.68. The molecule has 2 aromatic rings. The van der Waals surface area contributed by atoms with Gasteiger partial charge < -0.3 is 10.3 Å². The first-order chi connectivity index (χ1) is 10.9. The first kappa shape index (κ1) is 15.4. The lowest BCUT2D eigenvalue weighted by Crippen LogP contribution is -2.58. The number of aromatic amines is 1. The number of carbonyl (C=O) groups is 1. The molecule has 1 aliphatic heterocycles. The zero-order valence-electron chi connectivity index (χ0n) is 13.0. The van der Waals surface area contributed by atoms with Gasteiger partial charge in [-0.2, -0.15) is 0 Å². The van der Waals surface area contributed by atoms with Crippen LogP contribution in [0.2, 0.25) is 5.02 Å². The van der Waals surface area contributed by atoms with E-state index in [4.69, 9.17) is 17.0 Å². The van der Waals surface area contributed by atoms with Crippen LogP contribution in [-0.4, -0.2) is 33.8 Å². The van der Waals surface area contributed by atoms with Crippen LogP contribution in [0.1, 0.15) is 31.5 Å². The maximum absolute atomic E-state index is 12.1. The molecule has 0 aromatic carbocycles. The lowest BCUT2D eigenvalue weighted by molar-refractivity contribution is -0.129. The van der Waals surface area contributed by atoms with Crippen molar-refractivity contribution < 1.29 is 4.79 Å². The third kappa shape index (κ3) is 2.43. The standard InChI is InChI=1S/C16H16ClN5O/c1-4-5-9-6-10-12(17)13(20-14(10)19-8-9)16(2)7-11(23)22(3)15(18)21-16/h6,8H,7H2,1-3H3,(H2,18,21)(H,19,20)/t16-/m0/s1. The molecule has 3 rings (SSSR count). The van der Waals surface area contributed by atoms with Crippen molar-refractivity contribution in [3.63, 3.8) is 0 Å². The van der Waals surface area contributed by atoms with Gasteiger partial charge in [-0.25, -0.2) is 4.98 Å². The van der Waals surface area contributed by atoms with E-state index in [-0.39, 0.29) is 18.3 Å². The monoisotopic (exact) mass is 329 g/mol. The number of carbonyl (C=O) groups excluding carboxylic acids is 1. The smallest absolute Gasteiger partial charge is 0.231 e. The number of rotatable bonds is 1. The zero-order chi connectivity index (χ0) is 16.8. The van der Waals surface area contributed by atoms with Gasteiger partial charge in [0.15, 0.2) is 5.96 Å². The van der Waals surface area contributed by atoms with Crippen LogP contribution in [0.5, 0.6) is 0 Å². The summed E-state index contributed by atoms with van der Waals surface area (Å²) in [5, 5.41) is 12.2. The van der Waals surface area contributed by atoms with Crippen molar-refractivity contribution in [2.45, 2.75) is 25.8 Å². The number of halogens is 1. The summed E-state index contributed by atoms with van der Waals surface area (Å²) in [6, 6.07) is 1.87. The highest BCUT2D eigenvalue weighted by Gasteiger charge is 2.40. The second-order valence-electron chi connectivity index (χ2n) is 5.74. The summed E-state index contributed by atoms with van der Waals surface area (Å²) < 4.78 is 0. The molecule has 1 saturated heterocycles. The Bertz CT molecular complexity index is 871. The van der Waals surface area contributed by atoms with Crippen molar-refractivity contribution in [2.75, 3.05) is 7.05 Å². The number of guanidine groups is 1. The van der Waals surface area contributed by atoms with Gasteiger partial charge in [0.25, 0.3) is 0 Å². The Hall–Kier alpha value is -2.52. The Morgan fingerprint density at radius 2 is 2.26 bits per heavy atom. The van der Waals surface area contributed by atoms with Gasteiger partial charge in [0.2, 0.25) is 5.91 Å². The summed E-state index contributed by atoms with van der Waals surface area (Å²) in [7, 11) is 1.57. The van der Waals surface area contributed by atoms with Gasteiger partial charge in [-0.15, -0.1) is 5.92 Å². The number of hydrogen-bond acceptors (Lipinski definition) is 3. The van der Waals surface area contributed by atoms with E-state index in [9.17, 15) is 4.79 Å². The first-order valence-electron chi connectivity index (χ1n) is 7.09. The van der Waals surface area contributed by atoms with Crippen LogP contribution in [0.4, 0.5) is 0 Å². The second-order valence-corrected chi connectivity index (χ2v) is 6.12. The van der Waals surface area contributed by atoms with Crippen molar-refractivity contribution in [1.29, 1.82) is 5.41 Å². The summed E-state index contributed by atoms with van der Waals surface area (Å²) >= 11 is 6.53. The lowest BCUT2D eigenvalue weighted by atomic mass is 9.91. The molecule has 23 heavy (non-hydrogen) atoms. The molecule has 0 unspecified atom stereocenters. The summed E-state index contributed by atoms with van der Waals surface area (Å²) in [6.07, 6.45) is 1.87. The van der Waals surface area contributed by atoms with Crippen molar-refractivity contribution in [2.24, 2.45) is 0 Å². The fraction of sp³-hybridized carbons (Fsp3) is 0.312. The largest absolute Gasteiger partial charge is 0.345 e. The molecule has 0 spiro atoms. The highest BCUT2D eigenvalue weighted by Crippen LogP contribution is 2.37. The molecular weight excluding hydrogens is 314 g/mol. The Morgan fingerprint density at radius 3 is 2.91 bits per heavy atom. The minimum Gasteiger partial charge on any atom is -0.345 e. The Balaban J connectivity index is 2.12. The Labute approximate surface area is 138 Å². The van der Waals surface area contributed by atoms with Gasteiger partial charge in [-0.05, 0) is 19.9 Å². The van der Waals surface area contributed by atoms with E-state index in [1.165, 1.54) is 4.90 Å². The number of H-pyrrole nitrogens is 1. The van der Waals surface area contributed by atoms with Crippen LogP contribution >= 0.6 is 11.6 Å². The third-order valence-corrected chi connectivity index (χ3v) is 4.41. The second kappa shape index (κ2) is 5.28. The highest BCUT2D eigenvalue weighted by atomic mass is 35.5. The predicted octanol–water partition coefficient (Wildman–Crippen LogP) is 2.19. The van der Waals surface area contributed by atoms with E-state index in [0.29, 0.717) is 16.4 Å². The zero-order valence-corrected chi connectivity index (χ0v) is 13.8. The average molecular weight is 330 g/mol. The van der Waals surface area contributed by atoms with E-state index >= 15 is 0 Å². The van der Waals surface area contributed by atoms with E-state index < -0.39 is 5.54 Å². The molecule has 1 fully saturated rings. The molecule has 3 heterocycles. The molecule has 0 radical (unpaired) electrons. The van der Waals surface area contributed by atoms with Crippen LogP contribution in [-0.2, 0) is 10.3 Å². The summed E-state index contributed by atoms with van der Waals surface area (Å²) in [6.45, 7) is 3.60. The molecule has 118 valence electrons. The SMILES string of the molecule is CC#Cc1cnc2[nH]c([C@]3(C)CC(=O)N(C)C(=N)N3)c(Cl)c2c1. The number of nitrogens with zero attached hydrogens (tertiary/aromatic N) is 2. The summed E-state index contributed by atoms with van der Waals surface area (Å²) in [5.41, 5.74) is 1.27. The van der Waals surface area contributed by atoms with Crippen LogP contribution in [0, 0.1) is 17.3 Å². The van der Waals surface area contributed by atoms with E-state index in [0.717, 1.165) is 10.9 Å². The minimum absolute atomic E-state index is 0.0453. The fourth-order valence-corrected chi connectivity index (χ4v) is 3.12. The molecule has 3 N–H and O–H groups in total. The molecule has 6 nitrogen and oxygen atoms in total. The average Bonchev–Trinajstić information content (AvgIpc) is 2.83. The maximum atomic E-state index is 12.1. The first-order valence-corrected chi connectivity index (χ1v) is 7.47. The Kier molecular flexibility index (Phi) is 3.53. The highest BCUT2D eigenvalue weighted by molar-refractivity contribution is 6.36.